The lowest BCUT2D eigenvalue weighted by Crippen LogP contribution is -2.49. The molecule has 0 N–H and O–H groups in total. The van der Waals surface area contributed by atoms with Gasteiger partial charge in [0.1, 0.15) is 0 Å². The van der Waals surface area contributed by atoms with Gasteiger partial charge in [-0.3, -0.25) is 0 Å². The fourth-order valence-corrected chi connectivity index (χ4v) is 7.43. The molecular formula is C23H50O2Si. The maximum atomic E-state index is 6.42. The number of hydrogen-bond acceptors (Lipinski definition) is 2. The minimum Gasteiger partial charge on any atom is -0.389 e. The molecule has 0 saturated heterocycles. The third-order valence-corrected chi connectivity index (χ3v) is 7.88. The van der Waals surface area contributed by atoms with Crippen LogP contribution in [0.1, 0.15) is 126 Å². The minimum absolute atomic E-state index is 0.122. The van der Waals surface area contributed by atoms with Crippen molar-refractivity contribution in [2.75, 3.05) is 0 Å². The molecule has 0 aliphatic heterocycles. The van der Waals surface area contributed by atoms with Crippen LogP contribution in [0, 0.1) is 0 Å². The van der Waals surface area contributed by atoms with Crippen molar-refractivity contribution in [2.45, 2.75) is 149 Å². The van der Waals surface area contributed by atoms with Crippen molar-refractivity contribution in [1.29, 1.82) is 0 Å². The van der Waals surface area contributed by atoms with Crippen LogP contribution < -0.4 is 0 Å². The van der Waals surface area contributed by atoms with Gasteiger partial charge in [-0.25, -0.2) is 0 Å². The molecule has 0 aliphatic rings. The van der Waals surface area contributed by atoms with E-state index in [-0.39, 0.29) is 11.2 Å². The van der Waals surface area contributed by atoms with Gasteiger partial charge in [-0.05, 0) is 54.1 Å². The standard InChI is InChI=1S/C23H50O2Si/c1-9-10-11-12-13-14-15-16-17-18-19-20-21-26(8,24-22(2,3)4)25-23(5,6)7/h9-21H2,1-8H3. The second kappa shape index (κ2) is 13.3. The predicted octanol–water partition coefficient (Wildman–Crippen LogP) is 8.39. The van der Waals surface area contributed by atoms with E-state index in [0.717, 1.165) is 6.04 Å². The smallest absolute Gasteiger partial charge is 0.335 e. The summed E-state index contributed by atoms with van der Waals surface area (Å²) in [6, 6.07) is 1.11. The Bertz CT molecular complexity index is 312. The second-order valence-corrected chi connectivity index (χ2v) is 13.4. The van der Waals surface area contributed by atoms with Crippen LogP contribution in [0.15, 0.2) is 0 Å². The van der Waals surface area contributed by atoms with Gasteiger partial charge in [-0.2, -0.15) is 0 Å². The summed E-state index contributed by atoms with van der Waals surface area (Å²) in [4.78, 5) is 0. The van der Waals surface area contributed by atoms with Crippen molar-refractivity contribution in [3.8, 4) is 0 Å². The second-order valence-electron chi connectivity index (χ2n) is 10.2. The van der Waals surface area contributed by atoms with Crippen LogP contribution in [-0.4, -0.2) is 19.8 Å². The van der Waals surface area contributed by atoms with Gasteiger partial charge in [0, 0.05) is 0 Å². The van der Waals surface area contributed by atoms with Crippen molar-refractivity contribution < 1.29 is 8.85 Å². The molecule has 0 saturated carbocycles. The van der Waals surface area contributed by atoms with Gasteiger partial charge in [-0.15, -0.1) is 0 Å². The van der Waals surface area contributed by atoms with Gasteiger partial charge in [0.2, 0.25) is 0 Å². The third kappa shape index (κ3) is 17.5. The summed E-state index contributed by atoms with van der Waals surface area (Å²) >= 11 is 0. The first-order chi connectivity index (χ1) is 12.0. The summed E-state index contributed by atoms with van der Waals surface area (Å²) in [6.45, 7) is 17.4. The maximum Gasteiger partial charge on any atom is 0.335 e. The zero-order chi connectivity index (χ0) is 20.1. The van der Waals surface area contributed by atoms with E-state index >= 15 is 0 Å². The number of hydrogen-bond donors (Lipinski definition) is 0. The highest BCUT2D eigenvalue weighted by atomic mass is 28.4. The van der Waals surface area contributed by atoms with E-state index in [0.29, 0.717) is 0 Å². The first-order valence-electron chi connectivity index (χ1n) is 11.4. The van der Waals surface area contributed by atoms with Gasteiger partial charge in [0.15, 0.2) is 0 Å². The number of rotatable bonds is 15. The summed E-state index contributed by atoms with van der Waals surface area (Å²) in [6.07, 6.45) is 16.7. The van der Waals surface area contributed by atoms with Crippen LogP contribution in [0.3, 0.4) is 0 Å². The summed E-state index contributed by atoms with van der Waals surface area (Å²) in [5.41, 5.74) is -0.243. The molecule has 0 rings (SSSR count). The van der Waals surface area contributed by atoms with E-state index in [2.05, 4.69) is 55.0 Å². The zero-order valence-electron chi connectivity index (χ0n) is 19.5. The molecule has 3 heteroatoms. The molecule has 158 valence electrons. The van der Waals surface area contributed by atoms with Crippen LogP contribution in [0.25, 0.3) is 0 Å². The molecule has 0 aromatic rings. The molecular weight excluding hydrogens is 336 g/mol. The molecule has 0 aliphatic carbocycles. The Balaban J connectivity index is 3.86. The summed E-state index contributed by atoms with van der Waals surface area (Å²) in [5, 5.41) is 0. The predicted molar refractivity (Wildman–Crippen MR) is 119 cm³/mol. The fraction of sp³-hybridized carbons (Fsp3) is 1.00. The van der Waals surface area contributed by atoms with E-state index < -0.39 is 8.56 Å². The molecule has 0 bridgehead atoms. The molecule has 0 aromatic carbocycles. The quantitative estimate of drug-likeness (QED) is 0.208. The average Bonchev–Trinajstić information content (AvgIpc) is 2.44. The van der Waals surface area contributed by atoms with Gasteiger partial charge >= 0.3 is 8.56 Å². The lowest BCUT2D eigenvalue weighted by atomic mass is 10.1. The molecule has 0 spiro atoms. The van der Waals surface area contributed by atoms with E-state index in [1.807, 2.05) is 0 Å². The van der Waals surface area contributed by atoms with E-state index in [9.17, 15) is 0 Å². The highest BCUT2D eigenvalue weighted by Crippen LogP contribution is 2.28. The van der Waals surface area contributed by atoms with Crippen LogP contribution >= 0.6 is 0 Å². The van der Waals surface area contributed by atoms with Crippen molar-refractivity contribution in [2.24, 2.45) is 0 Å². The van der Waals surface area contributed by atoms with Crippen LogP contribution in [0.2, 0.25) is 12.6 Å². The maximum absolute atomic E-state index is 6.42. The Hall–Kier alpha value is 0.137. The largest absolute Gasteiger partial charge is 0.389 e. The molecule has 0 atom stereocenters. The van der Waals surface area contributed by atoms with Crippen molar-refractivity contribution in [3.05, 3.63) is 0 Å². The molecule has 0 unspecified atom stereocenters. The van der Waals surface area contributed by atoms with E-state index in [4.69, 9.17) is 8.85 Å². The van der Waals surface area contributed by atoms with Crippen molar-refractivity contribution in [1.82, 2.24) is 0 Å². The number of unbranched alkanes of at least 4 members (excludes halogenated alkanes) is 11. The fourth-order valence-electron chi connectivity index (χ4n) is 3.71. The first-order valence-corrected chi connectivity index (χ1v) is 13.9. The lowest BCUT2D eigenvalue weighted by molar-refractivity contribution is 0.0173. The SMILES string of the molecule is CCCCCCCCCCCCCC[Si](C)(OC(C)(C)C)OC(C)(C)C. The topological polar surface area (TPSA) is 18.5 Å². The Morgan fingerprint density at radius 3 is 1.15 bits per heavy atom. The van der Waals surface area contributed by atoms with Crippen molar-refractivity contribution in [3.63, 3.8) is 0 Å². The molecule has 0 heterocycles. The zero-order valence-corrected chi connectivity index (χ0v) is 20.5. The summed E-state index contributed by atoms with van der Waals surface area (Å²) in [7, 11) is -2.12. The molecule has 26 heavy (non-hydrogen) atoms. The average molecular weight is 387 g/mol. The highest BCUT2D eigenvalue weighted by Gasteiger charge is 2.38. The Morgan fingerprint density at radius 1 is 0.538 bits per heavy atom. The Kier molecular flexibility index (Phi) is 13.4. The molecule has 2 nitrogen and oxygen atoms in total. The van der Waals surface area contributed by atoms with Gasteiger partial charge in [0.25, 0.3) is 0 Å². The van der Waals surface area contributed by atoms with Gasteiger partial charge in [0.05, 0.1) is 11.2 Å². The van der Waals surface area contributed by atoms with Crippen LogP contribution in [0.5, 0.6) is 0 Å². The van der Waals surface area contributed by atoms with Crippen molar-refractivity contribution >= 4 is 8.56 Å². The van der Waals surface area contributed by atoms with Crippen LogP contribution in [-0.2, 0) is 8.85 Å². The summed E-state index contributed by atoms with van der Waals surface area (Å²) in [5.74, 6) is 0. The van der Waals surface area contributed by atoms with Gasteiger partial charge in [-0.1, -0.05) is 84.0 Å². The molecule has 0 aromatic heterocycles. The monoisotopic (exact) mass is 386 g/mol. The van der Waals surface area contributed by atoms with Gasteiger partial charge < -0.3 is 8.85 Å². The van der Waals surface area contributed by atoms with E-state index in [1.54, 1.807) is 0 Å². The Morgan fingerprint density at radius 2 is 0.846 bits per heavy atom. The molecule has 0 fully saturated rings. The van der Waals surface area contributed by atoms with Crippen LogP contribution in [0.4, 0.5) is 0 Å². The normalized spacial score (nSPS) is 13.4. The lowest BCUT2D eigenvalue weighted by Gasteiger charge is -2.39. The summed E-state index contributed by atoms with van der Waals surface area (Å²) < 4.78 is 12.8. The minimum atomic E-state index is -2.12. The highest BCUT2D eigenvalue weighted by molar-refractivity contribution is 6.66. The first kappa shape index (κ1) is 26.1. The molecule has 0 amide bonds. The van der Waals surface area contributed by atoms with E-state index in [1.165, 1.54) is 77.0 Å². The molecule has 0 radical (unpaired) electrons. The third-order valence-electron chi connectivity index (χ3n) is 4.53. The Labute approximate surface area is 167 Å².